The van der Waals surface area contributed by atoms with Gasteiger partial charge >= 0.3 is 6.18 Å². The molecule has 2 aromatic rings. The summed E-state index contributed by atoms with van der Waals surface area (Å²) < 4.78 is 85.1. The predicted molar refractivity (Wildman–Crippen MR) is 172 cm³/mol. The van der Waals surface area contributed by atoms with E-state index in [1.165, 1.54) is 6.42 Å². The number of alkyl halides is 3. The zero-order valence-corrected chi connectivity index (χ0v) is 27.9. The van der Waals surface area contributed by atoms with Crippen LogP contribution in [0.3, 0.4) is 0 Å². The van der Waals surface area contributed by atoms with Gasteiger partial charge in [0.25, 0.3) is 5.91 Å². The number of fused-ring (bicyclic) bond motifs is 8. The molecule has 2 bridgehead atoms. The second-order valence-corrected chi connectivity index (χ2v) is 15.7. The van der Waals surface area contributed by atoms with Crippen molar-refractivity contribution in [1.82, 2.24) is 14.2 Å². The molecule has 1 saturated carbocycles. The number of carbonyl (C=O) groups excluding carboxylic acids is 2. The highest BCUT2D eigenvalue weighted by molar-refractivity contribution is 7.90. The fourth-order valence-corrected chi connectivity index (χ4v) is 9.79. The fourth-order valence-electron chi connectivity index (χ4n) is 8.90. The van der Waals surface area contributed by atoms with Gasteiger partial charge in [0.1, 0.15) is 5.75 Å². The third-order valence-electron chi connectivity index (χ3n) is 10.9. The first kappa shape index (κ1) is 32.6. The van der Waals surface area contributed by atoms with Gasteiger partial charge in [0.2, 0.25) is 15.9 Å². The van der Waals surface area contributed by atoms with Crippen molar-refractivity contribution in [3.8, 4) is 5.75 Å². The molecule has 2 amide bonds. The van der Waals surface area contributed by atoms with E-state index in [-0.39, 0.29) is 30.1 Å². The van der Waals surface area contributed by atoms with Gasteiger partial charge < -0.3 is 23.7 Å². The average molecular weight is 702 g/mol. The number of nitrogens with one attached hydrogen (secondary N) is 1. The second kappa shape index (κ2) is 12.0. The maximum Gasteiger partial charge on any atom is 0.404 e. The Hall–Kier alpha value is -3.62. The Morgan fingerprint density at radius 3 is 2.39 bits per heavy atom. The highest BCUT2D eigenvalue weighted by Crippen LogP contribution is 2.55. The lowest BCUT2D eigenvalue weighted by Gasteiger charge is -2.47. The fraction of sp³-hybridized carbons (Fsp3) is 0.543. The minimum atomic E-state index is -5.01. The molecule has 6 aliphatic rings. The van der Waals surface area contributed by atoms with Crippen LogP contribution in [-0.2, 0) is 35.6 Å². The topological polar surface area (TPSA) is 116 Å². The Kier molecular flexibility index (Phi) is 7.99. The van der Waals surface area contributed by atoms with Gasteiger partial charge in [-0.05, 0) is 59.6 Å². The molecule has 1 aromatic carbocycles. The van der Waals surface area contributed by atoms with Gasteiger partial charge in [-0.25, -0.2) is 13.1 Å². The smallest absolute Gasteiger partial charge is 0.404 e. The molecule has 0 radical (unpaired) electrons. The normalized spacial score (nSPS) is 27.0. The van der Waals surface area contributed by atoms with Crippen LogP contribution in [0.2, 0.25) is 0 Å². The maximum absolute atomic E-state index is 14.7. The number of amides is 2. The van der Waals surface area contributed by atoms with Crippen molar-refractivity contribution in [3.05, 3.63) is 63.9 Å². The summed E-state index contributed by atoms with van der Waals surface area (Å²) in [5.41, 5.74) is 4.82. The lowest BCUT2D eigenvalue weighted by molar-refractivity contribution is -0.172. The number of ether oxygens (including phenoxy) is 3. The first-order chi connectivity index (χ1) is 23.5. The minimum absolute atomic E-state index is 0.0480. The molecule has 262 valence electrons. The molecule has 1 N–H and O–H groups in total. The van der Waals surface area contributed by atoms with Crippen molar-refractivity contribution in [2.75, 3.05) is 39.3 Å². The van der Waals surface area contributed by atoms with E-state index in [0.29, 0.717) is 61.2 Å². The zero-order valence-electron chi connectivity index (χ0n) is 27.1. The van der Waals surface area contributed by atoms with E-state index in [0.717, 1.165) is 47.8 Å². The van der Waals surface area contributed by atoms with Gasteiger partial charge in [0.15, 0.2) is 5.75 Å². The summed E-state index contributed by atoms with van der Waals surface area (Å²) in [6, 6.07) is 5.71. The van der Waals surface area contributed by atoms with E-state index >= 15 is 0 Å². The lowest BCUT2D eigenvalue weighted by atomic mass is 9.75. The van der Waals surface area contributed by atoms with Crippen LogP contribution in [0.5, 0.6) is 5.75 Å². The highest BCUT2D eigenvalue weighted by Gasteiger charge is 2.50. The molecule has 3 aliphatic heterocycles. The Morgan fingerprint density at radius 1 is 1.04 bits per heavy atom. The lowest BCUT2D eigenvalue weighted by Crippen LogP contribution is -2.63. The van der Waals surface area contributed by atoms with E-state index < -0.39 is 39.7 Å². The molecule has 2 atom stereocenters. The van der Waals surface area contributed by atoms with Crippen LogP contribution in [0.1, 0.15) is 61.6 Å². The molecule has 3 fully saturated rings. The number of sulfonamides is 1. The number of allylic oxidation sites excluding steroid dienone is 4. The number of rotatable bonds is 6. The molecule has 0 spiro atoms. The Morgan fingerprint density at radius 2 is 1.73 bits per heavy atom. The number of hydrogen-bond acceptors (Lipinski definition) is 7. The quantitative estimate of drug-likeness (QED) is 0.468. The molecule has 2 saturated heterocycles. The molecule has 10 nitrogen and oxygen atoms in total. The molecule has 4 heterocycles. The Labute approximate surface area is 282 Å². The number of nitrogens with zero attached hydrogens (tertiary/aromatic N) is 2. The van der Waals surface area contributed by atoms with Crippen molar-refractivity contribution in [1.29, 1.82) is 0 Å². The van der Waals surface area contributed by atoms with Gasteiger partial charge in [0.05, 0.1) is 62.6 Å². The van der Waals surface area contributed by atoms with Crippen molar-refractivity contribution in [3.63, 3.8) is 0 Å². The molecule has 14 heteroatoms. The van der Waals surface area contributed by atoms with Gasteiger partial charge in [-0.2, -0.15) is 13.2 Å². The summed E-state index contributed by atoms with van der Waals surface area (Å²) in [6.07, 6.45) is 4.64. The van der Waals surface area contributed by atoms with Crippen molar-refractivity contribution in [2.45, 2.75) is 75.2 Å². The first-order valence-corrected chi connectivity index (χ1v) is 18.5. The number of hydrogen-bond donors (Lipinski definition) is 1. The van der Waals surface area contributed by atoms with E-state index in [1.54, 1.807) is 11.8 Å². The van der Waals surface area contributed by atoms with E-state index in [2.05, 4.69) is 16.7 Å². The summed E-state index contributed by atoms with van der Waals surface area (Å²) in [6.45, 7) is 1.68. The molecule has 1 aromatic heterocycles. The highest BCUT2D eigenvalue weighted by atomic mass is 32.2. The summed E-state index contributed by atoms with van der Waals surface area (Å²) in [5.74, 6) is -3.39. The number of carbonyl (C=O) groups is 2. The average Bonchev–Trinajstić information content (AvgIpc) is 3.68. The van der Waals surface area contributed by atoms with Crippen LogP contribution in [0, 0.1) is 5.92 Å². The van der Waals surface area contributed by atoms with E-state index in [4.69, 9.17) is 14.2 Å². The third-order valence-corrected chi connectivity index (χ3v) is 12.1. The first-order valence-electron chi connectivity index (χ1n) is 16.9. The van der Waals surface area contributed by atoms with Crippen LogP contribution in [0.25, 0.3) is 10.9 Å². The van der Waals surface area contributed by atoms with Crippen LogP contribution < -0.4 is 9.46 Å². The van der Waals surface area contributed by atoms with Crippen molar-refractivity contribution >= 4 is 32.7 Å². The third kappa shape index (κ3) is 5.69. The number of benzene rings is 1. The van der Waals surface area contributed by atoms with E-state index in [1.807, 2.05) is 23.1 Å². The molecular weight excluding hydrogens is 663 g/mol. The van der Waals surface area contributed by atoms with Gasteiger partial charge in [-0.3, -0.25) is 9.59 Å². The SMILES string of the molecule is COc1ccc(C2CCCCC2)c2c1cc1n2CC2=C(C(=O)NS(=O)(=O)CC(F)(F)F)C2=C2C=CC[C@@H](C(=O)N3C4COCC3COC4)C21. The van der Waals surface area contributed by atoms with Crippen molar-refractivity contribution < 1.29 is 45.4 Å². The summed E-state index contributed by atoms with van der Waals surface area (Å²) in [7, 11) is -3.38. The monoisotopic (exact) mass is 701 g/mol. The molecule has 3 aliphatic carbocycles. The van der Waals surface area contributed by atoms with Crippen molar-refractivity contribution in [2.24, 2.45) is 5.92 Å². The number of halogens is 3. The largest absolute Gasteiger partial charge is 0.496 e. The van der Waals surface area contributed by atoms with Crippen LogP contribution in [0.15, 0.2) is 52.6 Å². The Balaban J connectivity index is 1.28. The minimum Gasteiger partial charge on any atom is -0.496 e. The second-order valence-electron chi connectivity index (χ2n) is 13.9. The standard InChI is InChI=1S/C35H38F3N3O7S/c1-46-28-11-10-22(19-6-3-2-4-7-19)32-25(28)12-27-29-23(8-5-9-24(29)34(43)41-20-14-47-16-21(41)17-48-15-20)30-26(13-40(27)32)31(30)33(42)39-49(44,45)18-35(36,37)38/h5,8,10-12,19-21,24,29H,2-4,6-7,9,13-18H2,1H3,(H,39,42)/t20?,21?,24-,29?/m1/s1. The Bertz CT molecular complexity index is 1920. The van der Waals surface area contributed by atoms with Gasteiger partial charge in [0, 0.05) is 23.5 Å². The van der Waals surface area contributed by atoms with Crippen LogP contribution in [0.4, 0.5) is 13.2 Å². The number of methoxy groups -OCH3 is 1. The molecule has 1 unspecified atom stereocenters. The van der Waals surface area contributed by atoms with E-state index in [9.17, 15) is 31.2 Å². The molecule has 49 heavy (non-hydrogen) atoms. The number of morpholine rings is 2. The molecule has 8 rings (SSSR count). The van der Waals surface area contributed by atoms with Gasteiger partial charge in [-0.1, -0.05) is 37.5 Å². The summed E-state index contributed by atoms with van der Waals surface area (Å²) in [4.78, 5) is 30.1. The van der Waals surface area contributed by atoms with Crippen LogP contribution in [-0.4, -0.2) is 87.2 Å². The zero-order chi connectivity index (χ0) is 34.2. The van der Waals surface area contributed by atoms with Gasteiger partial charge in [-0.15, -0.1) is 0 Å². The maximum atomic E-state index is 14.7. The summed E-state index contributed by atoms with van der Waals surface area (Å²) in [5, 5.41) is 0.890. The molecular formula is C35H38F3N3O7S. The predicted octanol–water partition coefficient (Wildman–Crippen LogP) is 4.61. The summed E-state index contributed by atoms with van der Waals surface area (Å²) >= 11 is 0. The van der Waals surface area contributed by atoms with Crippen LogP contribution >= 0.6 is 0 Å². The number of aromatic nitrogens is 1.